The maximum Gasteiger partial charge on any atom is 0.251 e. The number of piperazine rings is 1. The van der Waals surface area contributed by atoms with Crippen molar-refractivity contribution < 1.29 is 9.53 Å². The summed E-state index contributed by atoms with van der Waals surface area (Å²) in [5.74, 6) is 0.880. The van der Waals surface area contributed by atoms with E-state index in [0.29, 0.717) is 40.7 Å². The number of aromatic nitrogens is 2. The number of hydrogen-bond donors (Lipinski definition) is 3. The molecule has 10 heteroatoms. The second-order valence-corrected chi connectivity index (χ2v) is 11.2. The van der Waals surface area contributed by atoms with Gasteiger partial charge in [0, 0.05) is 77.3 Å². The Balaban J connectivity index is 1.19. The molecule has 3 heterocycles. The molecule has 0 bridgehead atoms. The van der Waals surface area contributed by atoms with Gasteiger partial charge in [-0.2, -0.15) is 0 Å². The van der Waals surface area contributed by atoms with E-state index in [4.69, 9.17) is 31.7 Å². The summed E-state index contributed by atoms with van der Waals surface area (Å²) in [6.07, 6.45) is 2.65. The number of ether oxygens (including phenoxy) is 1. The minimum Gasteiger partial charge on any atom is -0.496 e. The Morgan fingerprint density at radius 1 is 1.02 bits per heavy atom. The van der Waals surface area contributed by atoms with E-state index in [2.05, 4.69) is 20.5 Å². The van der Waals surface area contributed by atoms with Crippen LogP contribution in [0.5, 0.6) is 5.75 Å². The van der Waals surface area contributed by atoms with Crippen molar-refractivity contribution in [2.45, 2.75) is 13.0 Å². The normalized spacial score (nSPS) is 14.5. The molecule has 0 atom stereocenters. The van der Waals surface area contributed by atoms with Gasteiger partial charge in [0.2, 0.25) is 0 Å². The molecule has 0 spiro atoms. The molecule has 1 fully saturated rings. The molecule has 2 aliphatic heterocycles. The van der Waals surface area contributed by atoms with Gasteiger partial charge in [-0.1, -0.05) is 41.9 Å². The van der Waals surface area contributed by atoms with Gasteiger partial charge >= 0.3 is 0 Å². The number of halogens is 1. The van der Waals surface area contributed by atoms with Gasteiger partial charge in [0.05, 0.1) is 25.1 Å². The molecule has 1 amide bonds. The van der Waals surface area contributed by atoms with Crippen LogP contribution in [0, 0.1) is 5.41 Å². The summed E-state index contributed by atoms with van der Waals surface area (Å²) in [4.78, 5) is 29.5. The molecule has 4 aromatic rings. The number of benzene rings is 3. The third kappa shape index (κ3) is 6.40. The Bertz CT molecular complexity index is 1720. The van der Waals surface area contributed by atoms with Crippen LogP contribution >= 0.6 is 11.6 Å². The van der Waals surface area contributed by atoms with Gasteiger partial charge < -0.3 is 20.3 Å². The van der Waals surface area contributed by atoms with Crippen LogP contribution in [0.25, 0.3) is 11.3 Å². The highest BCUT2D eigenvalue weighted by Crippen LogP contribution is 2.35. The Kier molecular flexibility index (Phi) is 9.07. The van der Waals surface area contributed by atoms with Crippen molar-refractivity contribution in [2.24, 2.45) is 4.99 Å². The van der Waals surface area contributed by atoms with Gasteiger partial charge in [0.1, 0.15) is 11.5 Å². The maximum atomic E-state index is 12.7. The lowest BCUT2D eigenvalue weighted by Gasteiger charge is -2.27. The number of nitrogens with zero attached hydrogens (tertiary/aromatic N) is 4. The van der Waals surface area contributed by atoms with E-state index in [-0.39, 0.29) is 17.4 Å². The number of methoxy groups -OCH3 is 1. The van der Waals surface area contributed by atoms with E-state index in [0.717, 1.165) is 67.1 Å². The topological polar surface area (TPSA) is 116 Å². The molecule has 44 heavy (non-hydrogen) atoms. The molecule has 224 valence electrons. The van der Waals surface area contributed by atoms with Crippen molar-refractivity contribution in [1.29, 1.82) is 5.41 Å². The highest BCUT2D eigenvalue weighted by molar-refractivity contribution is 6.31. The van der Waals surface area contributed by atoms with Gasteiger partial charge in [-0.25, -0.2) is 9.97 Å². The quantitative estimate of drug-likeness (QED) is 0.189. The summed E-state index contributed by atoms with van der Waals surface area (Å²) in [6, 6.07) is 20.4. The summed E-state index contributed by atoms with van der Waals surface area (Å²) in [7, 11) is 1.64. The number of aliphatic imine (C=N–C) groups is 1. The highest BCUT2D eigenvalue weighted by Gasteiger charge is 2.24. The number of carbonyl (C=O) groups excluding carboxylic acids is 1. The van der Waals surface area contributed by atoms with Gasteiger partial charge in [-0.05, 0) is 49.4 Å². The number of carbonyl (C=O) groups is 1. The van der Waals surface area contributed by atoms with Gasteiger partial charge in [0.25, 0.3) is 5.91 Å². The molecule has 0 radical (unpaired) electrons. The van der Waals surface area contributed by atoms with Crippen LogP contribution < -0.4 is 15.4 Å². The lowest BCUT2D eigenvalue weighted by Crippen LogP contribution is -2.44. The fourth-order valence-corrected chi connectivity index (χ4v) is 5.75. The average molecular weight is 608 g/mol. The van der Waals surface area contributed by atoms with Crippen molar-refractivity contribution in [3.05, 3.63) is 112 Å². The van der Waals surface area contributed by atoms with E-state index >= 15 is 0 Å². The fraction of sp³-hybridized carbons (Fsp3) is 0.265. The van der Waals surface area contributed by atoms with Crippen LogP contribution in [-0.2, 0) is 6.54 Å². The van der Waals surface area contributed by atoms with Crippen molar-refractivity contribution in [1.82, 2.24) is 25.5 Å². The van der Waals surface area contributed by atoms with E-state index in [1.807, 2.05) is 42.5 Å². The Labute approximate surface area is 261 Å². The van der Waals surface area contributed by atoms with Crippen LogP contribution in [0.2, 0.25) is 5.02 Å². The zero-order chi connectivity index (χ0) is 30.5. The fourth-order valence-electron chi connectivity index (χ4n) is 5.57. The zero-order valence-electron chi connectivity index (χ0n) is 24.6. The molecule has 2 aliphatic rings. The molecule has 3 aromatic carbocycles. The lowest BCUT2D eigenvalue weighted by molar-refractivity contribution is 0.0951. The van der Waals surface area contributed by atoms with Gasteiger partial charge in [0.15, 0.2) is 5.82 Å². The smallest absolute Gasteiger partial charge is 0.251 e. The second kappa shape index (κ2) is 13.5. The number of amides is 1. The molecule has 0 saturated carbocycles. The van der Waals surface area contributed by atoms with E-state index < -0.39 is 0 Å². The first kappa shape index (κ1) is 29.6. The number of para-hydroxylation sites is 1. The van der Waals surface area contributed by atoms with Crippen LogP contribution in [0.3, 0.4) is 0 Å². The average Bonchev–Trinajstić information content (AvgIpc) is 3.22. The molecular weight excluding hydrogens is 574 g/mol. The van der Waals surface area contributed by atoms with E-state index in [9.17, 15) is 4.79 Å². The molecule has 1 aromatic heterocycles. The summed E-state index contributed by atoms with van der Waals surface area (Å²) in [5, 5.41) is 15.8. The summed E-state index contributed by atoms with van der Waals surface area (Å²) < 4.78 is 5.63. The first-order valence-corrected chi connectivity index (χ1v) is 15.1. The number of nitrogens with one attached hydrogen (secondary N) is 3. The van der Waals surface area contributed by atoms with Crippen LogP contribution in [0.1, 0.15) is 44.9 Å². The monoisotopic (exact) mass is 607 g/mol. The van der Waals surface area contributed by atoms with E-state index in [1.54, 1.807) is 37.6 Å². The zero-order valence-corrected chi connectivity index (χ0v) is 25.3. The largest absolute Gasteiger partial charge is 0.496 e. The maximum absolute atomic E-state index is 12.7. The first-order chi connectivity index (χ1) is 21.5. The van der Waals surface area contributed by atoms with Crippen LogP contribution in [-0.4, -0.2) is 78.6 Å². The summed E-state index contributed by atoms with van der Waals surface area (Å²) in [6.45, 7) is 6.10. The second-order valence-electron chi connectivity index (χ2n) is 10.8. The minimum absolute atomic E-state index is 0.120. The van der Waals surface area contributed by atoms with Crippen molar-refractivity contribution >= 4 is 28.9 Å². The molecular formula is C34H34ClN7O2. The molecule has 3 N–H and O–H groups in total. The number of rotatable bonds is 9. The minimum atomic E-state index is -0.120. The Morgan fingerprint density at radius 2 is 1.80 bits per heavy atom. The number of fused-ring (bicyclic) bond motifs is 3. The lowest BCUT2D eigenvalue weighted by atomic mass is 9.94. The third-order valence-electron chi connectivity index (χ3n) is 7.93. The predicted octanol–water partition coefficient (Wildman–Crippen LogP) is 4.60. The van der Waals surface area contributed by atoms with E-state index in [1.165, 1.54) is 0 Å². The molecule has 9 nitrogen and oxygen atoms in total. The summed E-state index contributed by atoms with van der Waals surface area (Å²) in [5.41, 5.74) is 6.20. The predicted molar refractivity (Wildman–Crippen MR) is 173 cm³/mol. The van der Waals surface area contributed by atoms with Gasteiger partial charge in [-0.3, -0.25) is 15.2 Å². The first-order valence-electron chi connectivity index (χ1n) is 14.8. The SMILES string of the molecule is COc1ccccc1C1=NCc2cnc(C(=N)c3ccc(C(=O)NCCCN4CCNCC4)cc3)nc2-c2ccc(Cl)cc21. The molecule has 1 saturated heterocycles. The van der Waals surface area contributed by atoms with Crippen LogP contribution in [0.15, 0.2) is 77.9 Å². The standard InChI is InChI=1S/C34H34ClN7O2/c1-44-29-6-3-2-5-27(29)32-28-19-25(35)11-12-26(28)31-24(20-39-32)21-40-33(41-31)30(36)22-7-9-23(10-8-22)34(43)38-13-4-16-42-17-14-37-15-18-42/h2-3,5-12,19,21,36-37H,4,13-18,20H2,1H3,(H,38,43). The Morgan fingerprint density at radius 3 is 2.59 bits per heavy atom. The molecule has 6 rings (SSSR count). The van der Waals surface area contributed by atoms with Crippen molar-refractivity contribution in [2.75, 3.05) is 46.4 Å². The Hall–Kier alpha value is -4.44. The van der Waals surface area contributed by atoms with Crippen LogP contribution in [0.4, 0.5) is 0 Å². The van der Waals surface area contributed by atoms with Crippen molar-refractivity contribution in [3.63, 3.8) is 0 Å². The van der Waals surface area contributed by atoms with Crippen molar-refractivity contribution in [3.8, 4) is 17.0 Å². The summed E-state index contributed by atoms with van der Waals surface area (Å²) >= 11 is 6.46. The molecule has 0 aliphatic carbocycles. The third-order valence-corrected chi connectivity index (χ3v) is 8.17. The highest BCUT2D eigenvalue weighted by atomic mass is 35.5. The molecule has 0 unspecified atom stereocenters. The van der Waals surface area contributed by atoms with Gasteiger partial charge in [-0.15, -0.1) is 0 Å². The number of hydrogen-bond acceptors (Lipinski definition) is 8.